The Morgan fingerprint density at radius 2 is 1.88 bits per heavy atom. The maximum absolute atomic E-state index is 12.7. The second-order valence-electron chi connectivity index (χ2n) is 5.75. The van der Waals surface area contributed by atoms with Gasteiger partial charge in [-0.15, -0.1) is 11.3 Å². The van der Waals surface area contributed by atoms with Crippen molar-refractivity contribution in [2.75, 3.05) is 7.05 Å². The number of hydrogen-bond donors (Lipinski definition) is 1. The van der Waals surface area contributed by atoms with E-state index < -0.39 is 10.0 Å². The van der Waals surface area contributed by atoms with Crippen LogP contribution in [0.25, 0.3) is 0 Å². The van der Waals surface area contributed by atoms with Crippen molar-refractivity contribution in [3.63, 3.8) is 0 Å². The first kappa shape index (κ1) is 18.6. The van der Waals surface area contributed by atoms with Gasteiger partial charge in [0.25, 0.3) is 5.91 Å². The fourth-order valence-corrected chi connectivity index (χ4v) is 4.10. The Balaban J connectivity index is 2.21. The largest absolute Gasteiger partial charge is 0.334 e. The molecule has 130 valence electrons. The summed E-state index contributed by atoms with van der Waals surface area (Å²) in [5, 5.41) is 5.11. The van der Waals surface area contributed by atoms with E-state index in [0.29, 0.717) is 0 Å². The minimum atomic E-state index is -3.71. The van der Waals surface area contributed by atoms with Crippen molar-refractivity contribution in [2.45, 2.75) is 38.1 Å². The van der Waals surface area contributed by atoms with Gasteiger partial charge >= 0.3 is 0 Å². The van der Waals surface area contributed by atoms with Crippen LogP contribution < -0.4 is 5.14 Å². The van der Waals surface area contributed by atoms with Crippen LogP contribution in [0.2, 0.25) is 0 Å². The number of rotatable bonds is 5. The number of sulfonamides is 1. The summed E-state index contributed by atoms with van der Waals surface area (Å²) in [4.78, 5) is 16.3. The monoisotopic (exact) mass is 366 g/mol. The third-order valence-electron chi connectivity index (χ3n) is 4.20. The fourth-order valence-electron chi connectivity index (χ4n) is 2.49. The number of hydrogen-bond acceptors (Lipinski definition) is 4. The molecule has 0 saturated heterocycles. The third-order valence-corrected chi connectivity index (χ3v) is 6.21. The highest BCUT2D eigenvalue weighted by Crippen LogP contribution is 2.27. The number of amides is 1. The molecular formula is C17H22N2O3S2. The highest BCUT2D eigenvalue weighted by molar-refractivity contribution is 7.89. The van der Waals surface area contributed by atoms with Gasteiger partial charge in [-0.1, -0.05) is 19.1 Å². The van der Waals surface area contributed by atoms with Gasteiger partial charge < -0.3 is 4.90 Å². The van der Waals surface area contributed by atoms with E-state index in [1.807, 2.05) is 19.9 Å². The van der Waals surface area contributed by atoms with Gasteiger partial charge in [-0.25, -0.2) is 13.6 Å². The summed E-state index contributed by atoms with van der Waals surface area (Å²) in [5.41, 5.74) is 2.05. The molecule has 0 fully saturated rings. The van der Waals surface area contributed by atoms with E-state index in [4.69, 9.17) is 5.14 Å². The molecule has 1 aromatic carbocycles. The third kappa shape index (κ3) is 3.85. The molecule has 1 amide bonds. The molecule has 24 heavy (non-hydrogen) atoms. The van der Waals surface area contributed by atoms with E-state index >= 15 is 0 Å². The van der Waals surface area contributed by atoms with E-state index in [1.165, 1.54) is 33.9 Å². The SMILES string of the molecule is CCc1cc(C(=O)N(C)C(C)c2ccc(S(N)(=O)=O)cc2)sc1C. The molecule has 1 atom stereocenters. The highest BCUT2D eigenvalue weighted by Gasteiger charge is 2.21. The van der Waals surface area contributed by atoms with Crippen molar-refractivity contribution >= 4 is 27.3 Å². The van der Waals surface area contributed by atoms with Gasteiger partial charge in [0.15, 0.2) is 0 Å². The molecule has 0 aliphatic heterocycles. The van der Waals surface area contributed by atoms with Crippen molar-refractivity contribution in [3.8, 4) is 0 Å². The van der Waals surface area contributed by atoms with Crippen molar-refractivity contribution in [3.05, 3.63) is 51.2 Å². The van der Waals surface area contributed by atoms with Gasteiger partial charge in [0.1, 0.15) is 0 Å². The van der Waals surface area contributed by atoms with Gasteiger partial charge in [-0.2, -0.15) is 0 Å². The fraction of sp³-hybridized carbons (Fsp3) is 0.353. The normalized spacial score (nSPS) is 12.9. The molecular weight excluding hydrogens is 344 g/mol. The number of nitrogens with two attached hydrogens (primary N) is 1. The molecule has 0 spiro atoms. The molecule has 5 nitrogen and oxygen atoms in total. The summed E-state index contributed by atoms with van der Waals surface area (Å²) in [7, 11) is -1.96. The van der Waals surface area contributed by atoms with Crippen LogP contribution in [0.3, 0.4) is 0 Å². The lowest BCUT2D eigenvalue weighted by atomic mass is 10.1. The molecule has 1 unspecified atom stereocenters. The lowest BCUT2D eigenvalue weighted by Crippen LogP contribution is -2.29. The first-order chi connectivity index (χ1) is 11.1. The first-order valence-corrected chi connectivity index (χ1v) is 10.0. The van der Waals surface area contributed by atoms with E-state index in [0.717, 1.165) is 16.9 Å². The number of nitrogens with zero attached hydrogens (tertiary/aromatic N) is 1. The number of benzene rings is 1. The number of carbonyl (C=O) groups excluding carboxylic acids is 1. The van der Waals surface area contributed by atoms with E-state index in [9.17, 15) is 13.2 Å². The molecule has 2 rings (SSSR count). The average molecular weight is 367 g/mol. The average Bonchev–Trinajstić information content (AvgIpc) is 2.93. The van der Waals surface area contributed by atoms with Crippen LogP contribution in [-0.2, 0) is 16.4 Å². The van der Waals surface area contributed by atoms with Crippen LogP contribution in [0.15, 0.2) is 35.2 Å². The molecule has 7 heteroatoms. The smallest absolute Gasteiger partial charge is 0.264 e. The quantitative estimate of drug-likeness (QED) is 0.883. The second kappa shape index (κ2) is 7.04. The van der Waals surface area contributed by atoms with Crippen LogP contribution in [0.4, 0.5) is 0 Å². The molecule has 0 bridgehead atoms. The maximum atomic E-state index is 12.7. The molecule has 0 radical (unpaired) electrons. The van der Waals surface area contributed by atoms with Gasteiger partial charge in [0, 0.05) is 11.9 Å². The lowest BCUT2D eigenvalue weighted by molar-refractivity contribution is 0.0747. The van der Waals surface area contributed by atoms with Crippen LogP contribution in [0, 0.1) is 6.92 Å². The van der Waals surface area contributed by atoms with Crippen molar-refractivity contribution in [1.29, 1.82) is 0 Å². The standard InChI is InChI=1S/C17H22N2O3S2/c1-5-13-10-16(23-12(13)3)17(20)19(4)11(2)14-6-8-15(9-7-14)24(18,21)22/h6-11H,5H2,1-4H3,(H2,18,21,22). The summed E-state index contributed by atoms with van der Waals surface area (Å²) in [6.45, 7) is 6.00. The van der Waals surface area contributed by atoms with Gasteiger partial charge in [-0.05, 0) is 49.6 Å². The first-order valence-electron chi connectivity index (χ1n) is 7.64. The maximum Gasteiger partial charge on any atom is 0.264 e. The summed E-state index contributed by atoms with van der Waals surface area (Å²) in [6, 6.07) is 8.07. The van der Waals surface area contributed by atoms with Crippen LogP contribution >= 0.6 is 11.3 Å². The molecule has 1 aromatic heterocycles. The Hall–Kier alpha value is -1.70. The van der Waals surface area contributed by atoms with Crippen molar-refractivity contribution < 1.29 is 13.2 Å². The molecule has 0 saturated carbocycles. The number of carbonyl (C=O) groups is 1. The Morgan fingerprint density at radius 3 is 2.33 bits per heavy atom. The number of thiophene rings is 1. The summed E-state index contributed by atoms with van der Waals surface area (Å²) in [5.74, 6) is -0.0363. The molecule has 1 heterocycles. The summed E-state index contributed by atoms with van der Waals surface area (Å²) >= 11 is 1.51. The van der Waals surface area contributed by atoms with Crippen molar-refractivity contribution in [2.24, 2.45) is 5.14 Å². The number of aryl methyl sites for hydroxylation is 2. The van der Waals surface area contributed by atoms with Crippen molar-refractivity contribution in [1.82, 2.24) is 4.90 Å². The van der Waals surface area contributed by atoms with Crippen LogP contribution in [0.1, 0.15) is 45.6 Å². The zero-order chi connectivity index (χ0) is 18.1. The predicted molar refractivity (Wildman–Crippen MR) is 96.8 cm³/mol. The predicted octanol–water partition coefficient (Wildman–Crippen LogP) is 3.10. The van der Waals surface area contributed by atoms with Gasteiger partial charge in [-0.3, -0.25) is 4.79 Å². The van der Waals surface area contributed by atoms with Gasteiger partial charge in [0.2, 0.25) is 10.0 Å². The Kier molecular flexibility index (Phi) is 5.47. The molecule has 0 aliphatic carbocycles. The lowest BCUT2D eigenvalue weighted by Gasteiger charge is -2.25. The summed E-state index contributed by atoms with van der Waals surface area (Å²) in [6.07, 6.45) is 0.907. The van der Waals surface area contributed by atoms with Gasteiger partial charge in [0.05, 0.1) is 15.8 Å². The Bertz CT molecular complexity index is 839. The van der Waals surface area contributed by atoms with E-state index in [-0.39, 0.29) is 16.8 Å². The zero-order valence-electron chi connectivity index (χ0n) is 14.2. The minimum absolute atomic E-state index is 0.0363. The zero-order valence-corrected chi connectivity index (χ0v) is 15.9. The van der Waals surface area contributed by atoms with Crippen LogP contribution in [-0.4, -0.2) is 26.3 Å². The minimum Gasteiger partial charge on any atom is -0.334 e. The summed E-state index contributed by atoms with van der Waals surface area (Å²) < 4.78 is 22.6. The topological polar surface area (TPSA) is 80.5 Å². The Labute approximate surface area is 147 Å². The molecule has 2 N–H and O–H groups in total. The number of primary sulfonamides is 1. The molecule has 0 aliphatic rings. The van der Waals surface area contributed by atoms with E-state index in [1.54, 1.807) is 24.1 Å². The van der Waals surface area contributed by atoms with E-state index in [2.05, 4.69) is 6.92 Å². The second-order valence-corrected chi connectivity index (χ2v) is 8.57. The Morgan fingerprint density at radius 1 is 1.29 bits per heavy atom. The van der Waals surface area contributed by atoms with Crippen LogP contribution in [0.5, 0.6) is 0 Å². The highest BCUT2D eigenvalue weighted by atomic mass is 32.2. The molecule has 2 aromatic rings.